The topological polar surface area (TPSA) is 68.0 Å². The summed E-state index contributed by atoms with van der Waals surface area (Å²) in [4.78, 5) is 13.1. The number of nitrogens with zero attached hydrogens (tertiary/aromatic N) is 3. The van der Waals surface area contributed by atoms with E-state index in [-0.39, 0.29) is 11.3 Å². The number of Topliss-reactive ketones (excluding diaryl/α,β-unsaturated/α-hetero) is 1. The number of rotatable bonds is 4. The fourth-order valence-corrected chi connectivity index (χ4v) is 8.40. The monoisotopic (exact) mass is 399 g/mol. The highest BCUT2D eigenvalue weighted by atomic mass is 16.3. The molecule has 1 heterocycles. The number of aliphatic hydroxyl groups is 1. The molecule has 0 radical (unpaired) electrons. The first kappa shape index (κ1) is 19.7. The van der Waals surface area contributed by atoms with E-state index < -0.39 is 5.60 Å². The van der Waals surface area contributed by atoms with Gasteiger partial charge in [0.2, 0.25) is 0 Å². The zero-order valence-electron chi connectivity index (χ0n) is 18.1. The Balaban J connectivity index is 1.31. The van der Waals surface area contributed by atoms with E-state index in [0.29, 0.717) is 18.2 Å². The molecule has 0 aliphatic heterocycles. The fraction of sp³-hybridized carbons (Fsp3) is 0.875. The van der Waals surface area contributed by atoms with Gasteiger partial charge in [0.25, 0.3) is 0 Å². The number of aromatic nitrogens is 3. The molecule has 0 amide bonds. The van der Waals surface area contributed by atoms with Crippen molar-refractivity contribution in [2.45, 2.75) is 90.2 Å². The number of carbonyl (C=O) groups is 1. The zero-order valence-corrected chi connectivity index (χ0v) is 18.1. The van der Waals surface area contributed by atoms with Gasteiger partial charge in [-0.15, -0.1) is 5.10 Å². The molecule has 5 heteroatoms. The summed E-state index contributed by atoms with van der Waals surface area (Å²) in [5.74, 6) is 4.42. The van der Waals surface area contributed by atoms with Crippen LogP contribution in [0.3, 0.4) is 0 Å². The maximum absolute atomic E-state index is 13.1. The molecule has 1 aromatic heterocycles. The number of ketones is 1. The van der Waals surface area contributed by atoms with Crippen molar-refractivity contribution in [1.29, 1.82) is 0 Å². The van der Waals surface area contributed by atoms with E-state index >= 15 is 0 Å². The first-order valence-corrected chi connectivity index (χ1v) is 12.0. The second-order valence-electron chi connectivity index (χ2n) is 11.0. The molecule has 29 heavy (non-hydrogen) atoms. The largest absolute Gasteiger partial charge is 0.390 e. The molecule has 0 saturated heterocycles. The minimum atomic E-state index is -0.399. The van der Waals surface area contributed by atoms with Gasteiger partial charge in [-0.3, -0.25) is 4.79 Å². The van der Waals surface area contributed by atoms with Crippen LogP contribution in [0.1, 0.15) is 78.1 Å². The van der Waals surface area contributed by atoms with Gasteiger partial charge in [0.05, 0.1) is 11.8 Å². The van der Waals surface area contributed by atoms with Crippen molar-refractivity contribution in [1.82, 2.24) is 15.0 Å². The Labute approximate surface area is 174 Å². The average Bonchev–Trinajstić information content (AvgIpc) is 3.34. The Hall–Kier alpha value is -1.23. The van der Waals surface area contributed by atoms with Crippen molar-refractivity contribution in [3.8, 4) is 0 Å². The molecule has 8 atom stereocenters. The summed E-state index contributed by atoms with van der Waals surface area (Å²) in [6.45, 7) is 4.95. The molecule has 0 spiro atoms. The van der Waals surface area contributed by atoms with Crippen LogP contribution in [-0.2, 0) is 11.3 Å². The molecule has 1 unspecified atom stereocenters. The van der Waals surface area contributed by atoms with Gasteiger partial charge >= 0.3 is 0 Å². The van der Waals surface area contributed by atoms with Crippen molar-refractivity contribution in [3.63, 3.8) is 0 Å². The predicted octanol–water partition coefficient (Wildman–Crippen LogP) is 4.26. The van der Waals surface area contributed by atoms with Gasteiger partial charge in [-0.25, -0.2) is 4.68 Å². The van der Waals surface area contributed by atoms with Gasteiger partial charge < -0.3 is 5.11 Å². The maximum Gasteiger partial charge on any atom is 0.157 e. The molecule has 5 nitrogen and oxygen atoms in total. The van der Waals surface area contributed by atoms with Gasteiger partial charge in [-0.05, 0) is 99.2 Å². The van der Waals surface area contributed by atoms with Crippen LogP contribution in [0, 0.1) is 40.9 Å². The summed E-state index contributed by atoms with van der Waals surface area (Å²) in [5.41, 5.74) is -0.228. The van der Waals surface area contributed by atoms with Crippen LogP contribution in [0.25, 0.3) is 0 Å². The molecular formula is C24H37N3O2. The number of carbonyl (C=O) groups excluding carboxylic acids is 1. The highest BCUT2D eigenvalue weighted by Gasteiger charge is 2.58. The zero-order chi connectivity index (χ0) is 20.2. The molecule has 0 bridgehead atoms. The lowest BCUT2D eigenvalue weighted by Crippen LogP contribution is -2.51. The molecular weight excluding hydrogens is 362 g/mol. The molecule has 4 saturated carbocycles. The van der Waals surface area contributed by atoms with Crippen molar-refractivity contribution in [2.24, 2.45) is 40.9 Å². The lowest BCUT2D eigenvalue weighted by atomic mass is 9.48. The van der Waals surface area contributed by atoms with Crippen LogP contribution in [0.5, 0.6) is 0 Å². The van der Waals surface area contributed by atoms with Crippen LogP contribution >= 0.6 is 0 Å². The molecule has 4 aliphatic rings. The van der Waals surface area contributed by atoms with Crippen LogP contribution in [0.15, 0.2) is 12.4 Å². The Morgan fingerprint density at radius 3 is 2.69 bits per heavy atom. The first-order chi connectivity index (χ1) is 13.9. The lowest BCUT2D eigenvalue weighted by molar-refractivity contribution is -0.133. The van der Waals surface area contributed by atoms with Gasteiger partial charge in [-0.2, -0.15) is 0 Å². The first-order valence-electron chi connectivity index (χ1n) is 12.0. The maximum atomic E-state index is 13.1. The van der Waals surface area contributed by atoms with Crippen molar-refractivity contribution in [3.05, 3.63) is 12.4 Å². The van der Waals surface area contributed by atoms with E-state index in [9.17, 15) is 9.90 Å². The third kappa shape index (κ3) is 3.19. The van der Waals surface area contributed by atoms with E-state index in [1.807, 2.05) is 0 Å². The average molecular weight is 400 g/mol. The van der Waals surface area contributed by atoms with E-state index in [0.717, 1.165) is 49.4 Å². The number of hydrogen-bond donors (Lipinski definition) is 1. The third-order valence-electron chi connectivity index (χ3n) is 9.94. The summed E-state index contributed by atoms with van der Waals surface area (Å²) in [6, 6.07) is 0. The van der Waals surface area contributed by atoms with Gasteiger partial charge in [0.15, 0.2) is 5.78 Å². The smallest absolute Gasteiger partial charge is 0.157 e. The lowest BCUT2D eigenvalue weighted by Gasteiger charge is -2.57. The molecule has 1 N–H and O–H groups in total. The summed E-state index contributed by atoms with van der Waals surface area (Å²) in [7, 11) is 0. The Kier molecular flexibility index (Phi) is 4.88. The van der Waals surface area contributed by atoms with Gasteiger partial charge in [0, 0.05) is 12.1 Å². The molecule has 160 valence electrons. The minimum absolute atomic E-state index is 0.171. The highest BCUT2D eigenvalue weighted by molar-refractivity contribution is 5.82. The summed E-state index contributed by atoms with van der Waals surface area (Å²) < 4.78 is 1.69. The minimum Gasteiger partial charge on any atom is -0.390 e. The van der Waals surface area contributed by atoms with Crippen molar-refractivity contribution >= 4 is 5.78 Å². The van der Waals surface area contributed by atoms with Crippen LogP contribution < -0.4 is 0 Å². The number of fused-ring (bicyclic) bond motifs is 5. The summed E-state index contributed by atoms with van der Waals surface area (Å²) in [5, 5.41) is 18.7. The third-order valence-corrected chi connectivity index (χ3v) is 9.94. The Bertz CT molecular complexity index is 749. The van der Waals surface area contributed by atoms with Crippen molar-refractivity contribution in [2.75, 3.05) is 0 Å². The summed E-state index contributed by atoms with van der Waals surface area (Å²) in [6.07, 6.45) is 15.0. The normalized spacial score (nSPS) is 46.6. The second kappa shape index (κ2) is 7.18. The van der Waals surface area contributed by atoms with E-state index in [4.69, 9.17) is 0 Å². The van der Waals surface area contributed by atoms with Crippen molar-refractivity contribution < 1.29 is 9.90 Å². The predicted molar refractivity (Wildman–Crippen MR) is 111 cm³/mol. The van der Waals surface area contributed by atoms with Gasteiger partial charge in [-0.1, -0.05) is 19.1 Å². The molecule has 4 fully saturated rings. The molecule has 4 aliphatic carbocycles. The highest BCUT2D eigenvalue weighted by Crippen LogP contribution is 2.64. The second-order valence-corrected chi connectivity index (χ2v) is 11.0. The standard InChI is InChI=1S/C24H37N3O2/c1-3-24(29)11-9-17-16(14-24)4-5-19-18(17)8-10-23(2)20(19)6-7-21(23)22(28)15-27-13-12-25-26-27/h12-13,16-21,29H,3-11,14-15H2,1-2H3/t16-,17?,18+,19+,20-,21+,23-,24+/m0/s1. The van der Waals surface area contributed by atoms with Crippen LogP contribution in [0.2, 0.25) is 0 Å². The van der Waals surface area contributed by atoms with E-state index in [1.54, 1.807) is 17.1 Å². The molecule has 5 rings (SSSR count). The van der Waals surface area contributed by atoms with Crippen LogP contribution in [0.4, 0.5) is 0 Å². The molecule has 1 aromatic rings. The molecule has 0 aromatic carbocycles. The van der Waals surface area contributed by atoms with E-state index in [2.05, 4.69) is 24.2 Å². The number of hydrogen-bond acceptors (Lipinski definition) is 4. The SMILES string of the molecule is CC[C@@]1(O)CCC2[C@@H](CC[C@@H]3[C@@H]2CC[C@]2(C)[C@@H](C(=O)Cn4ccnn4)CC[C@@H]32)C1. The van der Waals surface area contributed by atoms with E-state index in [1.165, 1.54) is 38.5 Å². The Morgan fingerprint density at radius 2 is 1.93 bits per heavy atom. The quantitative estimate of drug-likeness (QED) is 0.821. The van der Waals surface area contributed by atoms with Gasteiger partial charge in [0.1, 0.15) is 6.54 Å². The Morgan fingerprint density at radius 1 is 1.10 bits per heavy atom. The fourth-order valence-electron chi connectivity index (χ4n) is 8.40. The summed E-state index contributed by atoms with van der Waals surface area (Å²) >= 11 is 0. The van der Waals surface area contributed by atoms with Crippen LogP contribution in [-0.4, -0.2) is 31.5 Å².